The van der Waals surface area contributed by atoms with Gasteiger partial charge in [-0.1, -0.05) is 6.07 Å². The molecule has 0 spiro atoms. The quantitative estimate of drug-likeness (QED) is 0.860. The lowest BCUT2D eigenvalue weighted by Crippen LogP contribution is -2.40. The van der Waals surface area contributed by atoms with E-state index in [-0.39, 0.29) is 18.1 Å². The van der Waals surface area contributed by atoms with Gasteiger partial charge in [0.2, 0.25) is 5.91 Å². The number of nitrogens with one attached hydrogen (secondary N) is 1. The third kappa shape index (κ3) is 2.11. The maximum absolute atomic E-state index is 11.8. The number of amides is 1. The Balaban J connectivity index is 2.16. The van der Waals surface area contributed by atoms with E-state index in [4.69, 9.17) is 4.74 Å². The first-order chi connectivity index (χ1) is 7.74. The lowest BCUT2D eigenvalue weighted by molar-refractivity contribution is -0.131. The standard InChI is InChI=1S/C11H16N2O2S/c1-8(7-15-2)13-10(14)6-12-11(13)9-4-3-5-16-9/h3-5,8,11-12H,6-7H2,1-2H3. The number of carbonyl (C=O) groups is 1. The van der Waals surface area contributed by atoms with Gasteiger partial charge in [-0.2, -0.15) is 0 Å². The summed E-state index contributed by atoms with van der Waals surface area (Å²) in [5.41, 5.74) is 0. The van der Waals surface area contributed by atoms with Crippen LogP contribution in [-0.2, 0) is 9.53 Å². The summed E-state index contributed by atoms with van der Waals surface area (Å²) in [5, 5.41) is 5.26. The molecule has 1 aliphatic heterocycles. The van der Waals surface area contributed by atoms with E-state index in [0.29, 0.717) is 13.2 Å². The van der Waals surface area contributed by atoms with Gasteiger partial charge in [-0.25, -0.2) is 0 Å². The highest BCUT2D eigenvalue weighted by Crippen LogP contribution is 2.27. The van der Waals surface area contributed by atoms with Gasteiger partial charge in [-0.05, 0) is 18.4 Å². The molecule has 88 valence electrons. The van der Waals surface area contributed by atoms with E-state index < -0.39 is 0 Å². The number of hydrogen-bond acceptors (Lipinski definition) is 4. The lowest BCUT2D eigenvalue weighted by Gasteiger charge is -2.29. The summed E-state index contributed by atoms with van der Waals surface area (Å²) in [6, 6.07) is 4.15. The average Bonchev–Trinajstić information content (AvgIpc) is 2.86. The van der Waals surface area contributed by atoms with Gasteiger partial charge in [0, 0.05) is 12.0 Å². The zero-order chi connectivity index (χ0) is 11.5. The number of rotatable bonds is 4. The molecule has 0 bridgehead atoms. The molecule has 1 aromatic heterocycles. The SMILES string of the molecule is COCC(C)N1C(=O)CNC1c1cccs1. The largest absolute Gasteiger partial charge is 0.383 e. The first kappa shape index (κ1) is 11.6. The third-order valence-corrected chi connectivity index (χ3v) is 3.63. The fourth-order valence-corrected chi connectivity index (χ4v) is 2.82. The summed E-state index contributed by atoms with van der Waals surface area (Å²) in [4.78, 5) is 14.9. The molecule has 0 radical (unpaired) electrons. The van der Waals surface area contributed by atoms with Crippen LogP contribution < -0.4 is 5.32 Å². The molecule has 1 N–H and O–H groups in total. The van der Waals surface area contributed by atoms with Gasteiger partial charge in [0.15, 0.2) is 0 Å². The van der Waals surface area contributed by atoms with Crippen LogP contribution in [0.15, 0.2) is 17.5 Å². The van der Waals surface area contributed by atoms with Crippen molar-refractivity contribution in [2.24, 2.45) is 0 Å². The molecule has 1 amide bonds. The molecule has 5 heteroatoms. The molecule has 0 aromatic carbocycles. The highest BCUT2D eigenvalue weighted by molar-refractivity contribution is 7.10. The predicted octanol–water partition coefficient (Wildman–Crippen LogP) is 1.21. The predicted molar refractivity (Wildman–Crippen MR) is 63.2 cm³/mol. The van der Waals surface area contributed by atoms with Crippen LogP contribution in [0, 0.1) is 0 Å². The van der Waals surface area contributed by atoms with Crippen molar-refractivity contribution >= 4 is 17.2 Å². The van der Waals surface area contributed by atoms with E-state index in [1.54, 1.807) is 18.4 Å². The Bertz CT molecular complexity index is 353. The number of hydrogen-bond donors (Lipinski definition) is 1. The minimum absolute atomic E-state index is 0.0117. The van der Waals surface area contributed by atoms with Gasteiger partial charge < -0.3 is 9.64 Å². The Labute approximate surface area is 99.2 Å². The number of thiophene rings is 1. The molecular weight excluding hydrogens is 224 g/mol. The summed E-state index contributed by atoms with van der Waals surface area (Å²) < 4.78 is 5.11. The Morgan fingerprint density at radius 3 is 3.19 bits per heavy atom. The molecule has 4 nitrogen and oxygen atoms in total. The van der Waals surface area contributed by atoms with Crippen LogP contribution in [0.3, 0.4) is 0 Å². The molecule has 2 rings (SSSR count). The van der Waals surface area contributed by atoms with Crippen LogP contribution in [0.4, 0.5) is 0 Å². The number of carbonyl (C=O) groups excluding carboxylic acids is 1. The maximum atomic E-state index is 11.8. The number of ether oxygens (including phenoxy) is 1. The second-order valence-electron chi connectivity index (χ2n) is 3.90. The second kappa shape index (κ2) is 4.95. The minimum atomic E-state index is 0.0117. The van der Waals surface area contributed by atoms with Crippen molar-refractivity contribution in [2.75, 3.05) is 20.3 Å². The van der Waals surface area contributed by atoms with Crippen LogP contribution >= 0.6 is 11.3 Å². The second-order valence-corrected chi connectivity index (χ2v) is 4.88. The summed E-state index contributed by atoms with van der Waals surface area (Å²) in [6.07, 6.45) is 0.0117. The molecule has 1 aromatic rings. The van der Waals surface area contributed by atoms with Crippen LogP contribution in [0.5, 0.6) is 0 Å². The monoisotopic (exact) mass is 240 g/mol. The van der Waals surface area contributed by atoms with E-state index in [0.717, 1.165) is 0 Å². The smallest absolute Gasteiger partial charge is 0.238 e. The fourth-order valence-electron chi connectivity index (χ4n) is 2.02. The lowest BCUT2D eigenvalue weighted by atomic mass is 10.2. The van der Waals surface area contributed by atoms with Gasteiger partial charge in [0.25, 0.3) is 0 Å². The van der Waals surface area contributed by atoms with Gasteiger partial charge in [-0.3, -0.25) is 10.1 Å². The topological polar surface area (TPSA) is 41.6 Å². The fraction of sp³-hybridized carbons (Fsp3) is 0.545. The summed E-state index contributed by atoms with van der Waals surface area (Å²) in [5.74, 6) is 0.142. The van der Waals surface area contributed by atoms with Crippen molar-refractivity contribution < 1.29 is 9.53 Å². The van der Waals surface area contributed by atoms with Crippen molar-refractivity contribution in [3.05, 3.63) is 22.4 Å². The molecule has 16 heavy (non-hydrogen) atoms. The first-order valence-corrected chi connectivity index (χ1v) is 6.19. The normalized spacial score (nSPS) is 22.8. The van der Waals surface area contributed by atoms with Gasteiger partial charge in [-0.15, -0.1) is 11.3 Å². The molecule has 1 aliphatic rings. The van der Waals surface area contributed by atoms with E-state index in [9.17, 15) is 4.79 Å². The third-order valence-electron chi connectivity index (χ3n) is 2.71. The van der Waals surface area contributed by atoms with Crippen molar-refractivity contribution in [3.63, 3.8) is 0 Å². The molecule has 2 heterocycles. The van der Waals surface area contributed by atoms with Crippen molar-refractivity contribution in [1.29, 1.82) is 0 Å². The summed E-state index contributed by atoms with van der Waals surface area (Å²) in [7, 11) is 1.66. The zero-order valence-electron chi connectivity index (χ0n) is 9.47. The molecule has 0 aliphatic carbocycles. The van der Waals surface area contributed by atoms with Gasteiger partial charge >= 0.3 is 0 Å². The van der Waals surface area contributed by atoms with Crippen molar-refractivity contribution in [1.82, 2.24) is 10.2 Å². The molecule has 1 fully saturated rings. The van der Waals surface area contributed by atoms with E-state index >= 15 is 0 Å². The van der Waals surface area contributed by atoms with Crippen molar-refractivity contribution in [2.45, 2.75) is 19.1 Å². The number of nitrogens with zero attached hydrogens (tertiary/aromatic N) is 1. The van der Waals surface area contributed by atoms with Gasteiger partial charge in [0.1, 0.15) is 6.17 Å². The zero-order valence-corrected chi connectivity index (χ0v) is 10.3. The van der Waals surface area contributed by atoms with Gasteiger partial charge in [0.05, 0.1) is 19.2 Å². The highest BCUT2D eigenvalue weighted by atomic mass is 32.1. The van der Waals surface area contributed by atoms with E-state index in [1.807, 2.05) is 29.3 Å². The first-order valence-electron chi connectivity index (χ1n) is 5.31. The Hall–Kier alpha value is -0.910. The molecule has 2 atom stereocenters. The Morgan fingerprint density at radius 1 is 1.75 bits per heavy atom. The maximum Gasteiger partial charge on any atom is 0.238 e. The van der Waals surface area contributed by atoms with Crippen molar-refractivity contribution in [3.8, 4) is 0 Å². The molecular formula is C11H16N2O2S. The van der Waals surface area contributed by atoms with E-state index in [1.165, 1.54) is 4.88 Å². The molecule has 1 saturated heterocycles. The van der Waals surface area contributed by atoms with Crippen LogP contribution in [0.25, 0.3) is 0 Å². The highest BCUT2D eigenvalue weighted by Gasteiger charge is 2.35. The van der Waals surface area contributed by atoms with E-state index in [2.05, 4.69) is 5.32 Å². The van der Waals surface area contributed by atoms with Crippen LogP contribution in [0.1, 0.15) is 18.0 Å². The summed E-state index contributed by atoms with van der Waals surface area (Å²) in [6.45, 7) is 2.99. The Morgan fingerprint density at radius 2 is 2.56 bits per heavy atom. The average molecular weight is 240 g/mol. The number of methoxy groups -OCH3 is 1. The Kier molecular flexibility index (Phi) is 3.58. The van der Waals surface area contributed by atoms with Crippen LogP contribution in [-0.4, -0.2) is 37.1 Å². The molecule has 0 saturated carbocycles. The van der Waals surface area contributed by atoms with Crippen LogP contribution in [0.2, 0.25) is 0 Å². The summed E-state index contributed by atoms with van der Waals surface area (Å²) >= 11 is 1.66. The molecule has 2 unspecified atom stereocenters. The minimum Gasteiger partial charge on any atom is -0.383 e.